The Kier molecular flexibility index (Phi) is 4.58. The maximum atomic E-state index is 5.82. The van der Waals surface area contributed by atoms with Crippen LogP contribution in [0.2, 0.25) is 5.28 Å². The van der Waals surface area contributed by atoms with Gasteiger partial charge in [0.2, 0.25) is 17.2 Å². The molecule has 5 nitrogen and oxygen atoms in total. The number of hydrogen-bond acceptors (Lipinski definition) is 5. The van der Waals surface area contributed by atoms with E-state index in [1.54, 1.807) is 0 Å². The fourth-order valence-electron chi connectivity index (χ4n) is 2.56. The molecular weight excluding hydrogens is 250 g/mol. The summed E-state index contributed by atoms with van der Waals surface area (Å²) in [5, 5.41) is 0.173. The molecule has 2 heterocycles. The lowest BCUT2D eigenvalue weighted by Gasteiger charge is -2.20. The lowest BCUT2D eigenvalue weighted by molar-refractivity contribution is 0.435. The summed E-state index contributed by atoms with van der Waals surface area (Å²) in [6, 6.07) is 0. The molecule has 1 unspecified atom stereocenters. The van der Waals surface area contributed by atoms with E-state index in [0.29, 0.717) is 5.95 Å². The van der Waals surface area contributed by atoms with Gasteiger partial charge in [-0.1, -0.05) is 19.8 Å². The first-order valence-corrected chi connectivity index (χ1v) is 6.99. The third-order valence-corrected chi connectivity index (χ3v) is 3.61. The van der Waals surface area contributed by atoms with Crippen LogP contribution in [-0.2, 0) is 0 Å². The third-order valence-electron chi connectivity index (χ3n) is 3.44. The molecule has 1 aliphatic rings. The molecule has 0 spiro atoms. The first kappa shape index (κ1) is 13.3. The highest BCUT2D eigenvalue weighted by atomic mass is 35.5. The fourth-order valence-corrected chi connectivity index (χ4v) is 2.72. The van der Waals surface area contributed by atoms with Crippen molar-refractivity contribution in [2.24, 2.45) is 5.92 Å². The normalized spacial score (nSPS) is 20.8. The van der Waals surface area contributed by atoms with E-state index in [9.17, 15) is 0 Å². The first-order chi connectivity index (χ1) is 8.69. The zero-order valence-corrected chi connectivity index (χ0v) is 11.5. The minimum atomic E-state index is 0.173. The summed E-state index contributed by atoms with van der Waals surface area (Å²) in [7, 11) is 0. The molecule has 1 aromatic rings. The monoisotopic (exact) mass is 269 g/mol. The van der Waals surface area contributed by atoms with Crippen molar-refractivity contribution in [2.45, 2.75) is 39.0 Å². The molecule has 1 aliphatic heterocycles. The number of rotatable bonds is 3. The minimum Gasteiger partial charge on any atom is -0.368 e. The summed E-state index contributed by atoms with van der Waals surface area (Å²) >= 11 is 5.82. The summed E-state index contributed by atoms with van der Waals surface area (Å²) < 4.78 is 0. The third kappa shape index (κ3) is 3.45. The predicted octanol–water partition coefficient (Wildman–Crippen LogP) is 2.51. The van der Waals surface area contributed by atoms with Crippen molar-refractivity contribution in [3.05, 3.63) is 5.28 Å². The molecule has 1 fully saturated rings. The molecule has 0 aliphatic carbocycles. The molecule has 6 heteroatoms. The Morgan fingerprint density at radius 1 is 1.28 bits per heavy atom. The maximum Gasteiger partial charge on any atom is 0.231 e. The smallest absolute Gasteiger partial charge is 0.231 e. The highest BCUT2D eigenvalue weighted by Gasteiger charge is 2.19. The van der Waals surface area contributed by atoms with Gasteiger partial charge in [0, 0.05) is 13.1 Å². The van der Waals surface area contributed by atoms with Gasteiger partial charge in [0.1, 0.15) is 0 Å². The summed E-state index contributed by atoms with van der Waals surface area (Å²) in [4.78, 5) is 14.3. The van der Waals surface area contributed by atoms with Crippen LogP contribution in [0.15, 0.2) is 0 Å². The highest BCUT2D eigenvalue weighted by molar-refractivity contribution is 6.28. The van der Waals surface area contributed by atoms with Crippen molar-refractivity contribution < 1.29 is 0 Å². The molecule has 0 saturated carbocycles. The summed E-state index contributed by atoms with van der Waals surface area (Å²) in [5.74, 6) is 1.64. The molecule has 2 rings (SSSR count). The molecule has 0 aromatic carbocycles. The maximum absolute atomic E-state index is 5.82. The van der Waals surface area contributed by atoms with Gasteiger partial charge >= 0.3 is 0 Å². The van der Waals surface area contributed by atoms with Crippen LogP contribution in [0, 0.1) is 5.92 Å². The summed E-state index contributed by atoms with van der Waals surface area (Å²) in [6.07, 6.45) is 6.23. The van der Waals surface area contributed by atoms with E-state index in [-0.39, 0.29) is 11.2 Å². The van der Waals surface area contributed by atoms with Gasteiger partial charge < -0.3 is 10.6 Å². The van der Waals surface area contributed by atoms with Crippen LogP contribution in [0.5, 0.6) is 0 Å². The van der Waals surface area contributed by atoms with E-state index in [1.165, 1.54) is 32.1 Å². The predicted molar refractivity (Wildman–Crippen MR) is 73.7 cm³/mol. The van der Waals surface area contributed by atoms with Gasteiger partial charge in [-0.25, -0.2) is 0 Å². The van der Waals surface area contributed by atoms with Gasteiger partial charge in [-0.15, -0.1) is 0 Å². The molecule has 1 aromatic heterocycles. The van der Waals surface area contributed by atoms with E-state index in [1.807, 2.05) is 0 Å². The Bertz CT molecular complexity index is 378. The van der Waals surface area contributed by atoms with Crippen LogP contribution in [0.3, 0.4) is 0 Å². The SMILES string of the molecule is CCCC1CCCN(c2nc(N)nc(Cl)n2)CC1. The lowest BCUT2D eigenvalue weighted by atomic mass is 9.96. The number of hydrogen-bond donors (Lipinski definition) is 1. The number of halogens is 1. The summed E-state index contributed by atoms with van der Waals surface area (Å²) in [5.41, 5.74) is 5.61. The second-order valence-corrected chi connectivity index (χ2v) is 5.17. The Labute approximate surface area is 113 Å². The molecule has 100 valence electrons. The Morgan fingerprint density at radius 2 is 2.11 bits per heavy atom. The van der Waals surface area contributed by atoms with Crippen molar-refractivity contribution in [2.75, 3.05) is 23.7 Å². The Hall–Kier alpha value is -1.10. The van der Waals surface area contributed by atoms with E-state index in [4.69, 9.17) is 17.3 Å². The van der Waals surface area contributed by atoms with Crippen molar-refractivity contribution in [1.82, 2.24) is 15.0 Å². The van der Waals surface area contributed by atoms with E-state index < -0.39 is 0 Å². The van der Waals surface area contributed by atoms with Crippen LogP contribution in [0.25, 0.3) is 0 Å². The molecular formula is C12H20ClN5. The van der Waals surface area contributed by atoms with Gasteiger partial charge in [0.05, 0.1) is 0 Å². The largest absolute Gasteiger partial charge is 0.368 e. The summed E-state index contributed by atoms with van der Waals surface area (Å²) in [6.45, 7) is 4.19. The van der Waals surface area contributed by atoms with Crippen molar-refractivity contribution in [3.8, 4) is 0 Å². The highest BCUT2D eigenvalue weighted by Crippen LogP contribution is 2.24. The standard InChI is InChI=1S/C12H20ClN5/c1-2-4-9-5-3-7-18(8-6-9)12-16-10(13)15-11(14)17-12/h9H,2-8H2,1H3,(H2,14,15,16,17). The fraction of sp³-hybridized carbons (Fsp3) is 0.750. The number of anilines is 2. The van der Waals surface area contributed by atoms with Crippen LogP contribution in [0.4, 0.5) is 11.9 Å². The Morgan fingerprint density at radius 3 is 2.83 bits per heavy atom. The second kappa shape index (κ2) is 6.18. The zero-order valence-electron chi connectivity index (χ0n) is 10.8. The van der Waals surface area contributed by atoms with E-state index in [0.717, 1.165) is 19.0 Å². The van der Waals surface area contributed by atoms with E-state index >= 15 is 0 Å². The molecule has 18 heavy (non-hydrogen) atoms. The molecule has 0 bridgehead atoms. The van der Waals surface area contributed by atoms with Gasteiger partial charge in [-0.05, 0) is 36.8 Å². The molecule has 1 atom stereocenters. The van der Waals surface area contributed by atoms with E-state index in [2.05, 4.69) is 26.8 Å². The molecule has 0 radical (unpaired) electrons. The van der Waals surface area contributed by atoms with Gasteiger partial charge in [-0.2, -0.15) is 15.0 Å². The second-order valence-electron chi connectivity index (χ2n) is 4.84. The van der Waals surface area contributed by atoms with Crippen molar-refractivity contribution >= 4 is 23.5 Å². The van der Waals surface area contributed by atoms with Crippen LogP contribution in [0.1, 0.15) is 39.0 Å². The number of nitrogens with zero attached hydrogens (tertiary/aromatic N) is 4. The zero-order chi connectivity index (χ0) is 13.0. The quantitative estimate of drug-likeness (QED) is 0.913. The first-order valence-electron chi connectivity index (χ1n) is 6.61. The molecule has 2 N–H and O–H groups in total. The van der Waals surface area contributed by atoms with Gasteiger partial charge in [0.25, 0.3) is 0 Å². The van der Waals surface area contributed by atoms with Gasteiger partial charge in [-0.3, -0.25) is 0 Å². The van der Waals surface area contributed by atoms with Crippen LogP contribution >= 0.6 is 11.6 Å². The van der Waals surface area contributed by atoms with Crippen LogP contribution in [-0.4, -0.2) is 28.0 Å². The van der Waals surface area contributed by atoms with Crippen LogP contribution < -0.4 is 10.6 Å². The molecule has 0 amide bonds. The minimum absolute atomic E-state index is 0.173. The van der Waals surface area contributed by atoms with Crippen molar-refractivity contribution in [3.63, 3.8) is 0 Å². The molecule has 1 saturated heterocycles. The topological polar surface area (TPSA) is 67.9 Å². The van der Waals surface area contributed by atoms with Crippen molar-refractivity contribution in [1.29, 1.82) is 0 Å². The lowest BCUT2D eigenvalue weighted by Crippen LogP contribution is -2.27. The number of nitrogen functional groups attached to an aromatic ring is 1. The van der Waals surface area contributed by atoms with Gasteiger partial charge in [0.15, 0.2) is 0 Å². The number of aromatic nitrogens is 3. The average molecular weight is 270 g/mol. The Balaban J connectivity index is 2.05. The average Bonchev–Trinajstić information content (AvgIpc) is 2.54. The number of nitrogens with two attached hydrogens (primary N) is 1.